The van der Waals surface area contributed by atoms with Crippen LogP contribution >= 0.6 is 0 Å². The van der Waals surface area contributed by atoms with Gasteiger partial charge >= 0.3 is 0 Å². The van der Waals surface area contributed by atoms with Crippen molar-refractivity contribution >= 4 is 22.8 Å². The molecule has 0 atom stereocenters. The van der Waals surface area contributed by atoms with Crippen LogP contribution in [-0.4, -0.2) is 64.6 Å². The first-order valence-electron chi connectivity index (χ1n) is 13.2. The molecule has 2 aliphatic carbocycles. The largest absolute Gasteiger partial charge is 0.496 e. The summed E-state index contributed by atoms with van der Waals surface area (Å²) in [5, 5.41) is 8.20. The second-order valence-electron chi connectivity index (χ2n) is 11.0. The summed E-state index contributed by atoms with van der Waals surface area (Å²) in [5.41, 5.74) is 10.7. The quantitative estimate of drug-likeness (QED) is 0.467. The number of piperidine rings is 1. The number of nitrogen functional groups attached to an aromatic ring is 1. The molecule has 2 aromatic heterocycles. The van der Waals surface area contributed by atoms with Gasteiger partial charge in [-0.15, -0.1) is 0 Å². The Hall–Kier alpha value is -2.91. The molecule has 3 fully saturated rings. The van der Waals surface area contributed by atoms with Gasteiger partial charge in [-0.1, -0.05) is 12.1 Å². The van der Waals surface area contributed by atoms with Crippen molar-refractivity contribution in [1.82, 2.24) is 24.6 Å². The third-order valence-corrected chi connectivity index (χ3v) is 8.41. The number of ether oxygens (including phenoxy) is 2. The lowest BCUT2D eigenvalue weighted by Crippen LogP contribution is -2.36. The predicted molar refractivity (Wildman–Crippen MR) is 140 cm³/mol. The number of nitrogens with zero attached hydrogens (tertiary/aromatic N) is 5. The molecule has 3 aromatic rings. The van der Waals surface area contributed by atoms with Crippen molar-refractivity contribution in [3.05, 3.63) is 35.5 Å². The zero-order valence-corrected chi connectivity index (χ0v) is 21.4. The molecule has 6 rings (SSSR count). The summed E-state index contributed by atoms with van der Waals surface area (Å²) >= 11 is 0. The van der Waals surface area contributed by atoms with Gasteiger partial charge < -0.3 is 20.5 Å². The molecular weight excluding hydrogens is 454 g/mol. The van der Waals surface area contributed by atoms with E-state index in [2.05, 4.69) is 43.5 Å². The van der Waals surface area contributed by atoms with Crippen LogP contribution < -0.4 is 15.8 Å². The molecule has 3 N–H and O–H groups in total. The summed E-state index contributed by atoms with van der Waals surface area (Å²) in [6.07, 6.45) is 9.82. The van der Waals surface area contributed by atoms with E-state index in [4.69, 9.17) is 15.2 Å². The highest BCUT2D eigenvalue weighted by molar-refractivity contribution is 5.86. The molecule has 3 aliphatic rings. The van der Waals surface area contributed by atoms with Crippen LogP contribution in [0.15, 0.2) is 24.4 Å². The van der Waals surface area contributed by atoms with Gasteiger partial charge in [0.25, 0.3) is 0 Å². The molecule has 0 bridgehead atoms. The highest BCUT2D eigenvalue weighted by Gasteiger charge is 2.52. The van der Waals surface area contributed by atoms with Gasteiger partial charge in [0, 0.05) is 38.9 Å². The maximum absolute atomic E-state index is 6.02. The standard InChI is InChI=1S/C27H37N7O2/c1-35-21-5-9-33(10-6-21)16-18-3-4-20(23(11-18)36-2)17-34-24-22(15-30-34)31-26(28)32-25(24)29-14-19-12-27(13-19)7-8-27/h3-4,11,15,19,21H,5-10,12-14,16-17H2,1-2H3,(H3,28,29,31,32). The zero-order chi connectivity index (χ0) is 24.7. The van der Waals surface area contributed by atoms with Crippen molar-refractivity contribution in [2.75, 3.05) is 44.9 Å². The highest BCUT2D eigenvalue weighted by Crippen LogP contribution is 2.63. The van der Waals surface area contributed by atoms with E-state index in [1.165, 1.54) is 31.2 Å². The van der Waals surface area contributed by atoms with Crippen molar-refractivity contribution in [2.45, 2.75) is 57.7 Å². The van der Waals surface area contributed by atoms with E-state index >= 15 is 0 Å². The molecule has 192 valence electrons. The fourth-order valence-corrected chi connectivity index (χ4v) is 6.14. The Morgan fingerprint density at radius 2 is 1.92 bits per heavy atom. The highest BCUT2D eigenvalue weighted by atomic mass is 16.5. The van der Waals surface area contributed by atoms with Crippen molar-refractivity contribution < 1.29 is 9.47 Å². The van der Waals surface area contributed by atoms with E-state index < -0.39 is 0 Å². The molecule has 0 amide bonds. The molecule has 1 aromatic carbocycles. The minimum Gasteiger partial charge on any atom is -0.496 e. The van der Waals surface area contributed by atoms with Gasteiger partial charge in [-0.25, -0.2) is 4.98 Å². The fourth-order valence-electron chi connectivity index (χ4n) is 6.14. The number of anilines is 2. The van der Waals surface area contributed by atoms with Crippen molar-refractivity contribution in [3.8, 4) is 5.75 Å². The Labute approximate surface area is 212 Å². The predicted octanol–water partition coefficient (Wildman–Crippen LogP) is 3.68. The average Bonchev–Trinajstić information content (AvgIpc) is 3.57. The summed E-state index contributed by atoms with van der Waals surface area (Å²) in [5.74, 6) is 2.62. The Kier molecular flexibility index (Phi) is 6.21. The van der Waals surface area contributed by atoms with E-state index in [0.717, 1.165) is 67.2 Å². The Bertz CT molecular complexity index is 1220. The van der Waals surface area contributed by atoms with Crippen LogP contribution in [0.1, 0.15) is 49.7 Å². The first kappa shape index (κ1) is 23.5. The lowest BCUT2D eigenvalue weighted by atomic mass is 9.72. The van der Waals surface area contributed by atoms with Gasteiger partial charge in [0.15, 0.2) is 5.82 Å². The van der Waals surface area contributed by atoms with Crippen molar-refractivity contribution in [3.63, 3.8) is 0 Å². The number of fused-ring (bicyclic) bond motifs is 1. The monoisotopic (exact) mass is 491 g/mol. The number of rotatable bonds is 9. The van der Waals surface area contributed by atoms with E-state index in [9.17, 15) is 0 Å². The van der Waals surface area contributed by atoms with Crippen LogP contribution in [0, 0.1) is 11.3 Å². The minimum absolute atomic E-state index is 0.272. The van der Waals surface area contributed by atoms with Gasteiger partial charge in [0.2, 0.25) is 5.95 Å². The minimum atomic E-state index is 0.272. The zero-order valence-electron chi connectivity index (χ0n) is 21.4. The van der Waals surface area contributed by atoms with Gasteiger partial charge in [-0.05, 0) is 61.5 Å². The van der Waals surface area contributed by atoms with E-state index in [1.807, 2.05) is 11.8 Å². The smallest absolute Gasteiger partial charge is 0.222 e. The SMILES string of the molecule is COc1cc(CN2CCC(OC)CC2)ccc1Cn1ncc2nc(N)nc(NCC3CC4(CC4)C3)c21. The van der Waals surface area contributed by atoms with Crippen LogP contribution in [0.4, 0.5) is 11.8 Å². The molecule has 9 heteroatoms. The van der Waals surface area contributed by atoms with Gasteiger partial charge in [-0.3, -0.25) is 9.58 Å². The third kappa shape index (κ3) is 4.74. The van der Waals surface area contributed by atoms with Crippen LogP contribution in [0.25, 0.3) is 11.0 Å². The lowest BCUT2D eigenvalue weighted by molar-refractivity contribution is 0.0388. The molecule has 9 nitrogen and oxygen atoms in total. The summed E-state index contributed by atoms with van der Waals surface area (Å²) < 4.78 is 13.3. The van der Waals surface area contributed by atoms with E-state index in [0.29, 0.717) is 24.0 Å². The van der Waals surface area contributed by atoms with Gasteiger partial charge in [-0.2, -0.15) is 10.1 Å². The first-order chi connectivity index (χ1) is 17.5. The second kappa shape index (κ2) is 9.52. The van der Waals surface area contributed by atoms with Crippen molar-refractivity contribution in [1.29, 1.82) is 0 Å². The van der Waals surface area contributed by atoms with E-state index in [-0.39, 0.29) is 5.95 Å². The lowest BCUT2D eigenvalue weighted by Gasteiger charge is -2.36. The Balaban J connectivity index is 1.18. The second-order valence-corrected chi connectivity index (χ2v) is 11.0. The molecule has 0 unspecified atom stereocenters. The Morgan fingerprint density at radius 3 is 2.64 bits per heavy atom. The summed E-state index contributed by atoms with van der Waals surface area (Å²) in [7, 11) is 3.54. The Morgan fingerprint density at radius 1 is 1.11 bits per heavy atom. The molecule has 0 radical (unpaired) electrons. The topological polar surface area (TPSA) is 103 Å². The number of hydrogen-bond donors (Lipinski definition) is 2. The molecule has 1 aliphatic heterocycles. The van der Waals surface area contributed by atoms with E-state index in [1.54, 1.807) is 13.3 Å². The van der Waals surface area contributed by atoms with Crippen LogP contribution in [0.3, 0.4) is 0 Å². The summed E-state index contributed by atoms with van der Waals surface area (Å²) in [4.78, 5) is 11.4. The summed E-state index contributed by atoms with van der Waals surface area (Å²) in [6, 6.07) is 6.50. The average molecular weight is 492 g/mol. The fraction of sp³-hybridized carbons (Fsp3) is 0.593. The van der Waals surface area contributed by atoms with Crippen LogP contribution in [0.5, 0.6) is 5.75 Å². The number of benzene rings is 1. The number of nitrogens with one attached hydrogen (secondary N) is 1. The van der Waals surface area contributed by atoms with Crippen LogP contribution in [0.2, 0.25) is 0 Å². The normalized spacial score (nSPS) is 20.1. The maximum Gasteiger partial charge on any atom is 0.222 e. The maximum atomic E-state index is 6.02. The van der Waals surface area contributed by atoms with Crippen molar-refractivity contribution in [2.24, 2.45) is 11.3 Å². The third-order valence-electron chi connectivity index (χ3n) is 8.41. The number of hydrogen-bond acceptors (Lipinski definition) is 8. The molecule has 1 spiro atoms. The molecule has 1 saturated heterocycles. The summed E-state index contributed by atoms with van der Waals surface area (Å²) in [6.45, 7) is 4.52. The van der Waals surface area contributed by atoms with Gasteiger partial charge in [0.1, 0.15) is 16.8 Å². The van der Waals surface area contributed by atoms with Crippen LogP contribution in [-0.2, 0) is 17.8 Å². The molecular formula is C27H37N7O2. The van der Waals surface area contributed by atoms with Gasteiger partial charge in [0.05, 0.1) is 26.0 Å². The number of likely N-dealkylation sites (tertiary alicyclic amines) is 1. The first-order valence-corrected chi connectivity index (χ1v) is 13.2. The molecule has 3 heterocycles. The molecule has 2 saturated carbocycles. The number of aromatic nitrogens is 4. The number of nitrogens with two attached hydrogens (primary N) is 1. The number of methoxy groups -OCH3 is 2. The molecule has 36 heavy (non-hydrogen) atoms.